The van der Waals surface area contributed by atoms with E-state index in [1.807, 2.05) is 13.8 Å². The lowest BCUT2D eigenvalue weighted by atomic mass is 10.1. The van der Waals surface area contributed by atoms with E-state index in [9.17, 15) is 9.18 Å². The van der Waals surface area contributed by atoms with Crippen molar-refractivity contribution in [2.45, 2.75) is 32.9 Å². The number of hydrogen-bond acceptors (Lipinski definition) is 3. The van der Waals surface area contributed by atoms with Gasteiger partial charge >= 0.3 is 0 Å². The molecule has 1 rings (SSSR count). The number of carbonyl (C=O) groups is 1. The summed E-state index contributed by atoms with van der Waals surface area (Å²) in [6.07, 6.45) is 0. The number of hydrogen-bond donors (Lipinski definition) is 2. The van der Waals surface area contributed by atoms with Gasteiger partial charge < -0.3 is 15.8 Å². The van der Waals surface area contributed by atoms with Crippen molar-refractivity contribution in [3.05, 3.63) is 29.6 Å². The zero-order chi connectivity index (χ0) is 13.7. The molecule has 0 aromatic heterocycles. The monoisotopic (exact) mass is 254 g/mol. The van der Waals surface area contributed by atoms with Crippen molar-refractivity contribution < 1.29 is 13.9 Å². The van der Waals surface area contributed by atoms with Crippen LogP contribution in [0.4, 0.5) is 4.39 Å². The van der Waals surface area contributed by atoms with Crippen LogP contribution in [0.1, 0.15) is 32.4 Å². The summed E-state index contributed by atoms with van der Waals surface area (Å²) in [5.74, 6) is -0.156. The Hall–Kier alpha value is -1.62. The molecule has 4 nitrogen and oxygen atoms in total. The summed E-state index contributed by atoms with van der Waals surface area (Å²) in [5, 5.41) is 2.70. The van der Waals surface area contributed by atoms with E-state index in [0.717, 1.165) is 0 Å². The van der Waals surface area contributed by atoms with Gasteiger partial charge in [-0.05, 0) is 39.0 Å². The number of rotatable bonds is 5. The first-order valence-corrected chi connectivity index (χ1v) is 5.87. The Bertz CT molecular complexity index is 419. The smallest absolute Gasteiger partial charge is 0.258 e. The fourth-order valence-electron chi connectivity index (χ4n) is 1.51. The van der Waals surface area contributed by atoms with E-state index >= 15 is 0 Å². The summed E-state index contributed by atoms with van der Waals surface area (Å²) in [7, 11) is 0. The van der Waals surface area contributed by atoms with Gasteiger partial charge in [-0.2, -0.15) is 0 Å². The van der Waals surface area contributed by atoms with Crippen molar-refractivity contribution in [2.75, 3.05) is 6.61 Å². The van der Waals surface area contributed by atoms with Crippen LogP contribution in [-0.2, 0) is 4.79 Å². The topological polar surface area (TPSA) is 64.3 Å². The summed E-state index contributed by atoms with van der Waals surface area (Å²) in [5.41, 5.74) is 6.27. The Kier molecular flexibility index (Phi) is 5.09. The second-order valence-electron chi connectivity index (χ2n) is 4.48. The van der Waals surface area contributed by atoms with Crippen LogP contribution in [0.3, 0.4) is 0 Å². The minimum atomic E-state index is -0.374. The first-order chi connectivity index (χ1) is 8.40. The lowest BCUT2D eigenvalue weighted by Crippen LogP contribution is -2.34. The summed E-state index contributed by atoms with van der Waals surface area (Å²) in [4.78, 5) is 11.4. The number of halogens is 1. The van der Waals surface area contributed by atoms with Crippen LogP contribution in [0.15, 0.2) is 18.2 Å². The van der Waals surface area contributed by atoms with Gasteiger partial charge in [0.25, 0.3) is 5.91 Å². The highest BCUT2D eigenvalue weighted by Crippen LogP contribution is 2.24. The van der Waals surface area contributed by atoms with Crippen molar-refractivity contribution in [3.63, 3.8) is 0 Å². The zero-order valence-corrected chi connectivity index (χ0v) is 10.9. The van der Waals surface area contributed by atoms with Crippen LogP contribution < -0.4 is 15.8 Å². The van der Waals surface area contributed by atoms with Crippen molar-refractivity contribution >= 4 is 5.91 Å². The molecule has 0 fully saturated rings. The van der Waals surface area contributed by atoms with E-state index in [4.69, 9.17) is 10.5 Å². The Balaban J connectivity index is 2.70. The highest BCUT2D eigenvalue weighted by molar-refractivity contribution is 5.77. The van der Waals surface area contributed by atoms with Crippen LogP contribution >= 0.6 is 0 Å². The third-order valence-electron chi connectivity index (χ3n) is 2.27. The normalized spacial score (nSPS) is 12.3. The molecule has 100 valence electrons. The number of benzene rings is 1. The molecule has 0 saturated heterocycles. The summed E-state index contributed by atoms with van der Waals surface area (Å²) < 4.78 is 18.4. The minimum Gasteiger partial charge on any atom is -0.483 e. The molecule has 0 bridgehead atoms. The van der Waals surface area contributed by atoms with Crippen LogP contribution in [0.2, 0.25) is 0 Å². The molecule has 0 unspecified atom stereocenters. The van der Waals surface area contributed by atoms with E-state index < -0.39 is 0 Å². The van der Waals surface area contributed by atoms with Gasteiger partial charge in [0.05, 0.1) is 0 Å². The first kappa shape index (κ1) is 14.4. The van der Waals surface area contributed by atoms with Gasteiger partial charge in [-0.1, -0.05) is 0 Å². The molecular weight excluding hydrogens is 235 g/mol. The van der Waals surface area contributed by atoms with Crippen LogP contribution in [-0.4, -0.2) is 18.6 Å². The summed E-state index contributed by atoms with van der Waals surface area (Å²) >= 11 is 0. The maximum Gasteiger partial charge on any atom is 0.258 e. The van der Waals surface area contributed by atoms with E-state index in [-0.39, 0.29) is 30.4 Å². The van der Waals surface area contributed by atoms with Crippen molar-refractivity contribution in [1.29, 1.82) is 0 Å². The minimum absolute atomic E-state index is 0.0576. The fourth-order valence-corrected chi connectivity index (χ4v) is 1.51. The maximum absolute atomic E-state index is 13.1. The number of ether oxygens (including phenoxy) is 1. The predicted molar refractivity (Wildman–Crippen MR) is 67.8 cm³/mol. The number of carbonyl (C=O) groups excluding carboxylic acids is 1. The number of amides is 1. The molecule has 0 spiro atoms. The van der Waals surface area contributed by atoms with Gasteiger partial charge in [0.15, 0.2) is 6.61 Å². The quantitative estimate of drug-likeness (QED) is 0.841. The van der Waals surface area contributed by atoms with Gasteiger partial charge in [-0.25, -0.2) is 4.39 Å². The Morgan fingerprint density at radius 2 is 2.11 bits per heavy atom. The SMILES string of the molecule is CC(C)NC(=O)COc1ccc(F)cc1[C@@H](C)N. The summed E-state index contributed by atoms with van der Waals surface area (Å²) in [6, 6.07) is 3.78. The van der Waals surface area contributed by atoms with Crippen LogP contribution in [0.5, 0.6) is 5.75 Å². The molecule has 1 amide bonds. The van der Waals surface area contributed by atoms with E-state index in [1.165, 1.54) is 18.2 Å². The molecule has 3 N–H and O–H groups in total. The lowest BCUT2D eigenvalue weighted by Gasteiger charge is -2.14. The molecule has 0 aliphatic carbocycles. The Morgan fingerprint density at radius 3 is 2.67 bits per heavy atom. The second kappa shape index (κ2) is 6.35. The Labute approximate surface area is 106 Å². The average molecular weight is 254 g/mol. The highest BCUT2D eigenvalue weighted by atomic mass is 19.1. The highest BCUT2D eigenvalue weighted by Gasteiger charge is 2.11. The van der Waals surface area contributed by atoms with Crippen molar-refractivity contribution in [2.24, 2.45) is 5.73 Å². The average Bonchev–Trinajstić information content (AvgIpc) is 2.26. The molecule has 18 heavy (non-hydrogen) atoms. The first-order valence-electron chi connectivity index (χ1n) is 5.87. The molecule has 1 aromatic rings. The molecule has 0 radical (unpaired) electrons. The second-order valence-corrected chi connectivity index (χ2v) is 4.48. The molecule has 5 heteroatoms. The maximum atomic E-state index is 13.1. The number of nitrogens with two attached hydrogens (primary N) is 1. The van der Waals surface area contributed by atoms with E-state index in [0.29, 0.717) is 11.3 Å². The standard InChI is InChI=1S/C13H19FN2O2/c1-8(2)16-13(17)7-18-12-5-4-10(14)6-11(12)9(3)15/h4-6,8-9H,7,15H2,1-3H3,(H,16,17)/t9-/m1/s1. The third-order valence-corrected chi connectivity index (χ3v) is 2.27. The molecule has 0 aliphatic rings. The third kappa shape index (κ3) is 4.33. The van der Waals surface area contributed by atoms with E-state index in [2.05, 4.69) is 5.32 Å². The van der Waals surface area contributed by atoms with Gasteiger partial charge in [-0.15, -0.1) is 0 Å². The van der Waals surface area contributed by atoms with Gasteiger partial charge in [0.2, 0.25) is 0 Å². The van der Waals surface area contributed by atoms with Crippen LogP contribution in [0, 0.1) is 5.82 Å². The number of nitrogens with one attached hydrogen (secondary N) is 1. The van der Waals surface area contributed by atoms with Gasteiger partial charge in [0.1, 0.15) is 11.6 Å². The molecule has 0 saturated carbocycles. The van der Waals surface area contributed by atoms with E-state index in [1.54, 1.807) is 6.92 Å². The molecule has 0 heterocycles. The van der Waals surface area contributed by atoms with Crippen LogP contribution in [0.25, 0.3) is 0 Å². The van der Waals surface area contributed by atoms with Crippen molar-refractivity contribution in [3.8, 4) is 5.75 Å². The largest absolute Gasteiger partial charge is 0.483 e. The zero-order valence-electron chi connectivity index (χ0n) is 10.9. The molecule has 0 aliphatic heterocycles. The molecule has 1 atom stereocenters. The molecule has 1 aromatic carbocycles. The Morgan fingerprint density at radius 1 is 1.44 bits per heavy atom. The van der Waals surface area contributed by atoms with Crippen molar-refractivity contribution in [1.82, 2.24) is 5.32 Å². The summed E-state index contributed by atoms with van der Waals surface area (Å²) in [6.45, 7) is 5.35. The van der Waals surface area contributed by atoms with Gasteiger partial charge in [0, 0.05) is 17.6 Å². The molecular formula is C13H19FN2O2. The van der Waals surface area contributed by atoms with Gasteiger partial charge in [-0.3, -0.25) is 4.79 Å². The predicted octanol–water partition coefficient (Wildman–Crippen LogP) is 1.75. The lowest BCUT2D eigenvalue weighted by molar-refractivity contribution is -0.123. The fraction of sp³-hybridized carbons (Fsp3) is 0.462.